The van der Waals surface area contributed by atoms with E-state index in [9.17, 15) is 27.1 Å². The van der Waals surface area contributed by atoms with E-state index in [0.29, 0.717) is 43.7 Å². The van der Waals surface area contributed by atoms with Crippen LogP contribution in [0.15, 0.2) is 18.2 Å². The number of alkyl halides is 2. The molecule has 8 nitrogen and oxygen atoms in total. The van der Waals surface area contributed by atoms with Gasteiger partial charge in [0.05, 0.1) is 11.4 Å². The molecule has 1 aromatic heterocycles. The molecular formula is C21H24F2N4O4S. The maximum Gasteiger partial charge on any atom is 0.327 e. The van der Waals surface area contributed by atoms with E-state index in [1.54, 1.807) is 17.0 Å². The lowest BCUT2D eigenvalue weighted by molar-refractivity contribution is -0.141. The van der Waals surface area contributed by atoms with Crippen LogP contribution < -0.4 is 8.61 Å². The van der Waals surface area contributed by atoms with Gasteiger partial charge >= 0.3 is 10.2 Å². The van der Waals surface area contributed by atoms with Gasteiger partial charge in [0.15, 0.2) is 5.82 Å². The van der Waals surface area contributed by atoms with Crippen molar-refractivity contribution in [1.29, 1.82) is 0 Å². The summed E-state index contributed by atoms with van der Waals surface area (Å²) >= 11 is 0. The lowest BCUT2D eigenvalue weighted by Gasteiger charge is -2.20. The van der Waals surface area contributed by atoms with Gasteiger partial charge in [0, 0.05) is 39.0 Å². The van der Waals surface area contributed by atoms with E-state index >= 15 is 0 Å². The molecule has 1 N–H and O–H groups in total. The highest BCUT2D eigenvalue weighted by Crippen LogP contribution is 2.51. The largest absolute Gasteiger partial charge is 0.380 e. The average Bonchev–Trinajstić information content (AvgIpc) is 3.45. The predicted molar refractivity (Wildman–Crippen MR) is 112 cm³/mol. The number of rotatable bonds is 4. The number of likely N-dealkylation sites (tertiary alicyclic amines) is 1. The van der Waals surface area contributed by atoms with Crippen molar-refractivity contribution in [3.63, 3.8) is 0 Å². The van der Waals surface area contributed by atoms with Crippen LogP contribution in [0.1, 0.15) is 31.4 Å². The van der Waals surface area contributed by atoms with E-state index in [4.69, 9.17) is 0 Å². The van der Waals surface area contributed by atoms with E-state index in [1.807, 2.05) is 0 Å². The summed E-state index contributed by atoms with van der Waals surface area (Å²) in [5, 5.41) is 10.1. The molecule has 2 aliphatic heterocycles. The first-order valence-electron chi connectivity index (χ1n) is 10.9. The van der Waals surface area contributed by atoms with Crippen LogP contribution in [0.25, 0.3) is 5.57 Å². The SMILES string of the molecule is CN1c2nc(C3=CC4CN(C(=O)C5(O)CC5)CC4C3)ccc2N(CC2CC2(F)F)S1(=O)=O. The quantitative estimate of drug-likeness (QED) is 0.728. The maximum atomic E-state index is 13.4. The zero-order valence-electron chi connectivity index (χ0n) is 17.5. The molecular weight excluding hydrogens is 442 g/mol. The Morgan fingerprint density at radius 3 is 2.62 bits per heavy atom. The number of carbonyl (C=O) groups is 1. The highest BCUT2D eigenvalue weighted by Gasteiger charge is 2.59. The third-order valence-electron chi connectivity index (χ3n) is 7.51. The number of pyridine rings is 1. The van der Waals surface area contributed by atoms with Crippen LogP contribution in [0.4, 0.5) is 20.3 Å². The molecule has 3 heterocycles. The lowest BCUT2D eigenvalue weighted by Crippen LogP contribution is -2.39. The zero-order valence-corrected chi connectivity index (χ0v) is 18.4. The van der Waals surface area contributed by atoms with Gasteiger partial charge in [-0.05, 0) is 48.8 Å². The third-order valence-corrected chi connectivity index (χ3v) is 9.28. The summed E-state index contributed by atoms with van der Waals surface area (Å²) < 4.78 is 54.5. The molecule has 0 spiro atoms. The van der Waals surface area contributed by atoms with E-state index in [0.717, 1.165) is 14.2 Å². The molecule has 11 heteroatoms. The van der Waals surface area contributed by atoms with Crippen LogP contribution in [0, 0.1) is 17.8 Å². The summed E-state index contributed by atoms with van der Waals surface area (Å²) in [6.45, 7) is 0.906. The van der Waals surface area contributed by atoms with Crippen LogP contribution in [-0.2, 0) is 15.0 Å². The summed E-state index contributed by atoms with van der Waals surface area (Å²) in [4.78, 5) is 18.8. The van der Waals surface area contributed by atoms with Crippen LogP contribution >= 0.6 is 0 Å². The molecule has 0 bridgehead atoms. The molecule has 6 rings (SSSR count). The third kappa shape index (κ3) is 2.89. The molecule has 1 saturated heterocycles. The Morgan fingerprint density at radius 1 is 1.28 bits per heavy atom. The second-order valence-corrected chi connectivity index (χ2v) is 11.7. The first-order chi connectivity index (χ1) is 15.0. The van der Waals surface area contributed by atoms with Crippen molar-refractivity contribution in [3.05, 3.63) is 23.9 Å². The van der Waals surface area contributed by atoms with E-state index in [-0.39, 0.29) is 36.5 Å². The van der Waals surface area contributed by atoms with Gasteiger partial charge in [-0.15, -0.1) is 0 Å². The van der Waals surface area contributed by atoms with E-state index in [2.05, 4.69) is 11.1 Å². The van der Waals surface area contributed by atoms with Gasteiger partial charge in [-0.25, -0.2) is 22.4 Å². The number of allylic oxidation sites excluding steroid dienone is 1. The van der Waals surface area contributed by atoms with Gasteiger partial charge in [-0.2, -0.15) is 8.42 Å². The fourth-order valence-electron chi connectivity index (χ4n) is 5.18. The topological polar surface area (TPSA) is 94.1 Å². The fraction of sp³-hybridized carbons (Fsp3) is 0.619. The van der Waals surface area contributed by atoms with Gasteiger partial charge in [-0.1, -0.05) is 6.08 Å². The number of hydrogen-bond acceptors (Lipinski definition) is 5. The number of aromatic nitrogens is 1. The first-order valence-corrected chi connectivity index (χ1v) is 12.3. The van der Waals surface area contributed by atoms with Crippen LogP contribution in [0.3, 0.4) is 0 Å². The molecule has 2 saturated carbocycles. The second-order valence-electron chi connectivity index (χ2n) is 9.77. The Kier molecular flexibility index (Phi) is 3.94. The van der Waals surface area contributed by atoms with E-state index < -0.39 is 27.7 Å². The monoisotopic (exact) mass is 466 g/mol. The number of anilines is 2. The highest BCUT2D eigenvalue weighted by atomic mass is 32.2. The summed E-state index contributed by atoms with van der Waals surface area (Å²) in [5.41, 5.74) is 0.835. The van der Waals surface area contributed by atoms with Gasteiger partial charge in [-0.3, -0.25) is 4.79 Å². The highest BCUT2D eigenvalue weighted by molar-refractivity contribution is 7.94. The molecule has 1 amide bonds. The van der Waals surface area contributed by atoms with Crippen molar-refractivity contribution in [2.75, 3.05) is 35.3 Å². The Bertz CT molecular complexity index is 1170. The zero-order chi connectivity index (χ0) is 22.6. The van der Waals surface area contributed by atoms with Crippen molar-refractivity contribution in [2.24, 2.45) is 17.8 Å². The number of nitrogens with zero attached hydrogens (tertiary/aromatic N) is 4. The number of aliphatic hydroxyl groups is 1. The van der Waals surface area contributed by atoms with Gasteiger partial charge in [0.2, 0.25) is 0 Å². The lowest BCUT2D eigenvalue weighted by atomic mass is 9.99. The normalized spacial score (nSPS) is 32.6. The van der Waals surface area contributed by atoms with Crippen molar-refractivity contribution in [3.8, 4) is 0 Å². The first kappa shape index (κ1) is 20.3. The molecule has 0 radical (unpaired) electrons. The van der Waals surface area contributed by atoms with Crippen molar-refractivity contribution in [1.82, 2.24) is 9.88 Å². The molecule has 5 aliphatic rings. The second kappa shape index (κ2) is 6.19. The summed E-state index contributed by atoms with van der Waals surface area (Å²) in [5.74, 6) is -3.26. The molecule has 3 atom stereocenters. The van der Waals surface area contributed by atoms with Crippen molar-refractivity contribution in [2.45, 2.75) is 37.2 Å². The minimum atomic E-state index is -3.93. The minimum absolute atomic E-state index is 0.175. The molecule has 32 heavy (non-hydrogen) atoms. The fourth-order valence-corrected chi connectivity index (χ4v) is 6.59. The minimum Gasteiger partial charge on any atom is -0.380 e. The molecule has 0 aromatic carbocycles. The molecule has 3 aliphatic carbocycles. The Hall–Kier alpha value is -2.27. The molecule has 3 unspecified atom stereocenters. The van der Waals surface area contributed by atoms with Crippen molar-refractivity contribution < 1.29 is 27.1 Å². The molecule has 3 fully saturated rings. The standard InChI is InChI=1S/C21H24F2N4O4S/c1-25-18-17(27(32(25,30)31)11-15-8-21(15,22)23)3-2-16(24-18)12-6-13-9-26(10-14(13)7-12)19(28)20(29)4-5-20/h2-3,6,13-15,29H,4-5,7-11H2,1H3. The number of fused-ring (bicyclic) bond motifs is 2. The number of amides is 1. The Labute approximate surface area is 184 Å². The van der Waals surface area contributed by atoms with Gasteiger partial charge in [0.25, 0.3) is 11.8 Å². The molecule has 1 aromatic rings. The number of carbonyl (C=O) groups excluding carboxylic acids is 1. The Balaban J connectivity index is 1.23. The predicted octanol–water partition coefficient (Wildman–Crippen LogP) is 1.62. The number of hydrogen-bond donors (Lipinski definition) is 1. The van der Waals surface area contributed by atoms with E-state index in [1.165, 1.54) is 7.05 Å². The summed E-state index contributed by atoms with van der Waals surface area (Å²) in [7, 11) is -2.54. The average molecular weight is 467 g/mol. The van der Waals surface area contributed by atoms with Gasteiger partial charge in [0.1, 0.15) is 5.60 Å². The van der Waals surface area contributed by atoms with Gasteiger partial charge < -0.3 is 10.0 Å². The van der Waals surface area contributed by atoms with Crippen LogP contribution in [-0.4, -0.2) is 67.5 Å². The van der Waals surface area contributed by atoms with Crippen LogP contribution in [0.2, 0.25) is 0 Å². The maximum absolute atomic E-state index is 13.4. The van der Waals surface area contributed by atoms with Crippen LogP contribution in [0.5, 0.6) is 0 Å². The van der Waals surface area contributed by atoms with Crippen molar-refractivity contribution >= 4 is 33.2 Å². The Morgan fingerprint density at radius 2 is 2.00 bits per heavy atom. The smallest absolute Gasteiger partial charge is 0.327 e. The molecule has 172 valence electrons. The summed E-state index contributed by atoms with van der Waals surface area (Å²) in [6, 6.07) is 3.39. The number of halogens is 2. The summed E-state index contributed by atoms with van der Waals surface area (Å²) in [6.07, 6.45) is 3.58.